The van der Waals surface area contributed by atoms with Crippen LogP contribution in [0.15, 0.2) is 29.2 Å². The highest BCUT2D eigenvalue weighted by Crippen LogP contribution is 2.26. The predicted molar refractivity (Wildman–Crippen MR) is 81.6 cm³/mol. The third-order valence-electron chi connectivity index (χ3n) is 3.83. The van der Waals surface area contributed by atoms with Crippen LogP contribution in [0.5, 0.6) is 0 Å². The highest BCUT2D eigenvalue weighted by atomic mass is 32.2. The van der Waals surface area contributed by atoms with E-state index in [4.69, 9.17) is 9.84 Å². The number of nitrogens with zero attached hydrogens (tertiary/aromatic N) is 1. The summed E-state index contributed by atoms with van der Waals surface area (Å²) in [6, 6.07) is 2.70. The molecule has 0 aliphatic carbocycles. The molecule has 1 aromatic carbocycles. The molecule has 1 aromatic rings. The molecule has 0 amide bonds. The van der Waals surface area contributed by atoms with Crippen molar-refractivity contribution >= 4 is 16.0 Å². The maximum Gasteiger partial charge on any atom is 0.335 e. The number of carbonyl (C=O) groups is 1. The summed E-state index contributed by atoms with van der Waals surface area (Å²) in [5, 5.41) is 9.14. The molecule has 1 aliphatic rings. The lowest BCUT2D eigenvalue weighted by Crippen LogP contribution is -2.40. The molecule has 0 aromatic heterocycles. The fourth-order valence-corrected chi connectivity index (χ4v) is 4.10. The Hall–Kier alpha value is -1.70. The molecular weight excluding hydrogens is 306 g/mol. The highest BCUT2D eigenvalue weighted by Gasteiger charge is 2.30. The minimum Gasteiger partial charge on any atom is -0.478 e. The third-order valence-corrected chi connectivity index (χ3v) is 5.79. The van der Waals surface area contributed by atoms with Crippen molar-refractivity contribution in [2.24, 2.45) is 0 Å². The number of benzene rings is 1. The van der Waals surface area contributed by atoms with Crippen LogP contribution < -0.4 is 0 Å². The van der Waals surface area contributed by atoms with Gasteiger partial charge in [-0.1, -0.05) is 12.2 Å². The smallest absolute Gasteiger partial charge is 0.335 e. The lowest BCUT2D eigenvalue weighted by molar-refractivity contribution is 0.0696. The number of aromatic carboxylic acids is 1. The molecule has 0 spiro atoms. The first-order chi connectivity index (χ1) is 10.3. The molecule has 0 fully saturated rings. The number of carboxylic acid groups (broad SMARTS) is 1. The van der Waals surface area contributed by atoms with Crippen LogP contribution in [0.4, 0.5) is 0 Å². The predicted octanol–water partition coefficient (Wildman–Crippen LogP) is 1.58. The minimum absolute atomic E-state index is 0.0301. The molecule has 1 atom stereocenters. The van der Waals surface area contributed by atoms with E-state index in [1.807, 2.05) is 6.08 Å². The van der Waals surface area contributed by atoms with Crippen LogP contribution >= 0.6 is 0 Å². The molecule has 7 heteroatoms. The van der Waals surface area contributed by atoms with Gasteiger partial charge in [0.05, 0.1) is 16.6 Å². The zero-order valence-electron chi connectivity index (χ0n) is 12.7. The summed E-state index contributed by atoms with van der Waals surface area (Å²) >= 11 is 0. The maximum atomic E-state index is 12.8. The second kappa shape index (κ2) is 6.20. The van der Waals surface area contributed by atoms with E-state index in [1.165, 1.54) is 23.5 Å². The number of hydrogen-bond donors (Lipinski definition) is 1. The van der Waals surface area contributed by atoms with Crippen molar-refractivity contribution in [3.63, 3.8) is 0 Å². The lowest BCUT2D eigenvalue weighted by Gasteiger charge is -2.28. The van der Waals surface area contributed by atoms with E-state index in [-0.39, 0.29) is 29.7 Å². The zero-order valence-corrected chi connectivity index (χ0v) is 13.6. The Morgan fingerprint density at radius 1 is 1.36 bits per heavy atom. The van der Waals surface area contributed by atoms with Crippen LogP contribution in [-0.2, 0) is 14.8 Å². The molecule has 6 nitrogen and oxygen atoms in total. The lowest BCUT2D eigenvalue weighted by atomic mass is 10.1. The van der Waals surface area contributed by atoms with E-state index >= 15 is 0 Å². The van der Waals surface area contributed by atoms with Crippen LogP contribution in [0.3, 0.4) is 0 Å². The number of ether oxygens (including phenoxy) is 1. The highest BCUT2D eigenvalue weighted by molar-refractivity contribution is 7.89. The van der Waals surface area contributed by atoms with E-state index in [0.717, 1.165) is 0 Å². The third kappa shape index (κ3) is 3.06. The van der Waals surface area contributed by atoms with Crippen LogP contribution in [0.1, 0.15) is 21.5 Å². The molecule has 0 radical (unpaired) electrons. The maximum absolute atomic E-state index is 12.8. The van der Waals surface area contributed by atoms with Gasteiger partial charge in [0.25, 0.3) is 0 Å². The second-order valence-corrected chi connectivity index (χ2v) is 7.15. The fraction of sp³-hybridized carbons (Fsp3) is 0.400. The van der Waals surface area contributed by atoms with E-state index in [2.05, 4.69) is 0 Å². The Kier molecular flexibility index (Phi) is 4.69. The topological polar surface area (TPSA) is 83.9 Å². The summed E-state index contributed by atoms with van der Waals surface area (Å²) in [6.45, 7) is 3.85. The number of sulfonamides is 1. The molecule has 0 bridgehead atoms. The number of carboxylic acids is 1. The van der Waals surface area contributed by atoms with Crippen LogP contribution in [0.25, 0.3) is 0 Å². The normalized spacial score (nSPS) is 19.3. The Morgan fingerprint density at radius 2 is 2.05 bits per heavy atom. The van der Waals surface area contributed by atoms with Gasteiger partial charge >= 0.3 is 5.97 Å². The molecule has 0 saturated carbocycles. The van der Waals surface area contributed by atoms with Gasteiger partial charge in [0.2, 0.25) is 10.0 Å². The van der Waals surface area contributed by atoms with Crippen molar-refractivity contribution in [1.29, 1.82) is 0 Å². The summed E-state index contributed by atoms with van der Waals surface area (Å²) in [4.78, 5) is 11.2. The monoisotopic (exact) mass is 325 g/mol. The van der Waals surface area contributed by atoms with E-state index < -0.39 is 16.0 Å². The molecular formula is C15H19NO5S. The Morgan fingerprint density at radius 3 is 2.64 bits per heavy atom. The van der Waals surface area contributed by atoms with Gasteiger partial charge in [-0.2, -0.15) is 4.31 Å². The summed E-state index contributed by atoms with van der Waals surface area (Å²) in [5.74, 6) is -1.15. The van der Waals surface area contributed by atoms with Crippen molar-refractivity contribution < 1.29 is 23.1 Å². The number of hydrogen-bond acceptors (Lipinski definition) is 4. The van der Waals surface area contributed by atoms with Gasteiger partial charge in [0.1, 0.15) is 0 Å². The van der Waals surface area contributed by atoms with Crippen molar-refractivity contribution in [3.8, 4) is 0 Å². The van der Waals surface area contributed by atoms with Gasteiger partial charge in [0.15, 0.2) is 0 Å². The second-order valence-electron chi connectivity index (χ2n) is 5.25. The van der Waals surface area contributed by atoms with Crippen LogP contribution in [-0.4, -0.2) is 50.1 Å². The first kappa shape index (κ1) is 16.7. The van der Waals surface area contributed by atoms with E-state index in [9.17, 15) is 13.2 Å². The Balaban J connectivity index is 2.50. The summed E-state index contributed by atoms with van der Waals surface area (Å²) in [5.41, 5.74) is 1.17. The van der Waals surface area contributed by atoms with Crippen molar-refractivity contribution in [3.05, 3.63) is 41.0 Å². The van der Waals surface area contributed by atoms with Gasteiger partial charge in [-0.25, -0.2) is 13.2 Å². The van der Waals surface area contributed by atoms with Gasteiger partial charge < -0.3 is 9.84 Å². The average Bonchev–Trinajstić information content (AvgIpc) is 2.49. The quantitative estimate of drug-likeness (QED) is 0.850. The Bertz CT molecular complexity index is 724. The van der Waals surface area contributed by atoms with Gasteiger partial charge in [-0.3, -0.25) is 0 Å². The van der Waals surface area contributed by atoms with Crippen LogP contribution in [0.2, 0.25) is 0 Å². The first-order valence-electron chi connectivity index (χ1n) is 6.81. The van der Waals surface area contributed by atoms with Crippen molar-refractivity contribution in [1.82, 2.24) is 4.31 Å². The molecule has 2 rings (SSSR count). The summed E-state index contributed by atoms with van der Waals surface area (Å²) in [6.07, 6.45) is 3.25. The van der Waals surface area contributed by atoms with Gasteiger partial charge in [-0.05, 0) is 37.1 Å². The Labute approximate surface area is 130 Å². The molecule has 22 heavy (non-hydrogen) atoms. The molecule has 0 saturated heterocycles. The van der Waals surface area contributed by atoms with E-state index in [0.29, 0.717) is 11.1 Å². The SMILES string of the molecule is COC1C=CCN(S(=O)(=O)c2cc(C(=O)O)cc(C)c2C)C1. The zero-order chi connectivity index (χ0) is 16.5. The molecule has 1 aliphatic heterocycles. The minimum atomic E-state index is -3.78. The van der Waals surface area contributed by atoms with Gasteiger partial charge in [0, 0.05) is 20.2 Å². The molecule has 120 valence electrons. The molecule has 1 heterocycles. The molecule has 1 N–H and O–H groups in total. The standard InChI is InChI=1S/C15H19NO5S/c1-10-7-12(15(17)18)8-14(11(10)2)22(19,20)16-6-4-5-13(9-16)21-3/h4-5,7-8,13H,6,9H2,1-3H3,(H,17,18). The number of rotatable bonds is 4. The summed E-state index contributed by atoms with van der Waals surface area (Å²) in [7, 11) is -2.26. The van der Waals surface area contributed by atoms with Gasteiger partial charge in [-0.15, -0.1) is 0 Å². The number of aryl methyl sites for hydroxylation is 1. The average molecular weight is 325 g/mol. The fourth-order valence-electron chi connectivity index (χ4n) is 2.37. The van der Waals surface area contributed by atoms with E-state index in [1.54, 1.807) is 19.9 Å². The largest absolute Gasteiger partial charge is 0.478 e. The number of methoxy groups -OCH3 is 1. The first-order valence-corrected chi connectivity index (χ1v) is 8.25. The van der Waals surface area contributed by atoms with Crippen molar-refractivity contribution in [2.75, 3.05) is 20.2 Å². The molecule has 1 unspecified atom stereocenters. The summed E-state index contributed by atoms with van der Waals surface area (Å²) < 4.78 is 32.2. The van der Waals surface area contributed by atoms with Crippen LogP contribution in [0, 0.1) is 13.8 Å². The van der Waals surface area contributed by atoms with Crippen molar-refractivity contribution in [2.45, 2.75) is 24.8 Å².